The first-order valence-corrected chi connectivity index (χ1v) is 12.8. The van der Waals surface area contributed by atoms with Crippen LogP contribution in [0.4, 0.5) is 5.69 Å². The second-order valence-electron chi connectivity index (χ2n) is 10.2. The summed E-state index contributed by atoms with van der Waals surface area (Å²) in [4.78, 5) is 16.3. The van der Waals surface area contributed by atoms with Crippen molar-refractivity contribution >= 4 is 11.5 Å². The third-order valence-electron chi connectivity index (χ3n) is 8.22. The Labute approximate surface area is 198 Å². The van der Waals surface area contributed by atoms with Crippen molar-refractivity contribution < 1.29 is 14.3 Å². The molecule has 1 aromatic rings. The number of hydrogen-bond acceptors (Lipinski definition) is 7. The Morgan fingerprint density at radius 2 is 1.88 bits per heavy atom. The zero-order chi connectivity index (χ0) is 22.8. The molecule has 1 spiro atoms. The second-order valence-corrected chi connectivity index (χ2v) is 10.2. The van der Waals surface area contributed by atoms with Crippen LogP contribution in [0.25, 0.3) is 0 Å². The number of likely N-dealkylation sites (tertiary alicyclic amines) is 1. The molecule has 1 aliphatic carbocycles. The van der Waals surface area contributed by atoms with Crippen LogP contribution in [0.2, 0.25) is 0 Å². The Bertz CT molecular complexity index is 857. The molecule has 0 N–H and O–H groups in total. The molecular formula is C26H40N4O3. The predicted molar refractivity (Wildman–Crippen MR) is 130 cm³/mol. The van der Waals surface area contributed by atoms with Crippen molar-refractivity contribution in [2.45, 2.75) is 63.0 Å². The lowest BCUT2D eigenvalue weighted by atomic mass is 9.63. The molecule has 3 aliphatic heterocycles. The van der Waals surface area contributed by atoms with Crippen LogP contribution in [0, 0.1) is 0 Å². The van der Waals surface area contributed by atoms with E-state index in [4.69, 9.17) is 19.3 Å². The van der Waals surface area contributed by atoms with Crippen LogP contribution in [0.1, 0.15) is 56.1 Å². The second kappa shape index (κ2) is 9.90. The van der Waals surface area contributed by atoms with Crippen molar-refractivity contribution in [1.82, 2.24) is 14.9 Å². The van der Waals surface area contributed by atoms with Gasteiger partial charge in [0.2, 0.25) is 0 Å². The minimum absolute atomic E-state index is 0.0571. The van der Waals surface area contributed by atoms with E-state index in [1.165, 1.54) is 56.6 Å². The largest absolute Gasteiger partial charge is 0.496 e. The molecule has 7 nitrogen and oxygen atoms in total. The summed E-state index contributed by atoms with van der Waals surface area (Å²) in [6, 6.07) is 4.96. The van der Waals surface area contributed by atoms with Crippen molar-refractivity contribution in [2.24, 2.45) is 4.99 Å². The maximum Gasteiger partial charge on any atom is 0.124 e. The summed E-state index contributed by atoms with van der Waals surface area (Å²) in [7, 11) is 6.02. The van der Waals surface area contributed by atoms with E-state index in [1.807, 2.05) is 12.1 Å². The normalized spacial score (nSPS) is 22.5. The molecular weight excluding hydrogens is 416 g/mol. The summed E-state index contributed by atoms with van der Waals surface area (Å²) in [5.74, 6) is 2.16. The smallest absolute Gasteiger partial charge is 0.124 e. The highest BCUT2D eigenvalue weighted by Gasteiger charge is 2.50. The minimum atomic E-state index is 0.0571. The third-order valence-corrected chi connectivity index (χ3v) is 8.22. The summed E-state index contributed by atoms with van der Waals surface area (Å²) in [6.07, 6.45) is 8.40. The Morgan fingerprint density at radius 3 is 2.55 bits per heavy atom. The van der Waals surface area contributed by atoms with Gasteiger partial charge in [-0.2, -0.15) is 5.06 Å². The summed E-state index contributed by atoms with van der Waals surface area (Å²) < 4.78 is 11.4. The fourth-order valence-corrected chi connectivity index (χ4v) is 5.95. The molecule has 182 valence electrons. The maximum absolute atomic E-state index is 6.11. The molecule has 3 fully saturated rings. The number of ether oxygens (including phenoxy) is 2. The van der Waals surface area contributed by atoms with E-state index in [0.717, 1.165) is 56.1 Å². The van der Waals surface area contributed by atoms with Gasteiger partial charge in [-0.05, 0) is 69.3 Å². The number of hydroxylamine groups is 2. The summed E-state index contributed by atoms with van der Waals surface area (Å²) in [5.41, 5.74) is 3.56. The molecule has 0 bridgehead atoms. The lowest BCUT2D eigenvalue weighted by molar-refractivity contribution is -0.152. The van der Waals surface area contributed by atoms with Crippen molar-refractivity contribution in [2.75, 3.05) is 60.6 Å². The summed E-state index contributed by atoms with van der Waals surface area (Å²) >= 11 is 0. The van der Waals surface area contributed by atoms with E-state index in [1.54, 1.807) is 7.11 Å². The van der Waals surface area contributed by atoms with Crippen LogP contribution >= 0.6 is 0 Å². The molecule has 2 saturated heterocycles. The van der Waals surface area contributed by atoms with Gasteiger partial charge in [0, 0.05) is 52.0 Å². The number of rotatable bonds is 8. The van der Waals surface area contributed by atoms with Gasteiger partial charge in [0.25, 0.3) is 0 Å². The zero-order valence-electron chi connectivity index (χ0n) is 20.6. The fourth-order valence-electron chi connectivity index (χ4n) is 5.95. The lowest BCUT2D eigenvalue weighted by Gasteiger charge is -2.45. The first kappa shape index (κ1) is 23.1. The number of hydrogen-bond donors (Lipinski definition) is 0. The van der Waals surface area contributed by atoms with E-state index in [0.29, 0.717) is 12.6 Å². The van der Waals surface area contributed by atoms with Crippen LogP contribution in [0.15, 0.2) is 17.1 Å². The molecule has 0 amide bonds. The van der Waals surface area contributed by atoms with Gasteiger partial charge < -0.3 is 19.3 Å². The first-order valence-electron chi connectivity index (χ1n) is 12.8. The average molecular weight is 457 g/mol. The predicted octanol–water partition coefficient (Wildman–Crippen LogP) is 3.73. The molecule has 5 rings (SSSR count). The molecule has 0 aromatic heterocycles. The molecule has 7 heteroatoms. The Kier molecular flexibility index (Phi) is 6.93. The van der Waals surface area contributed by atoms with Crippen molar-refractivity contribution in [1.29, 1.82) is 0 Å². The third kappa shape index (κ3) is 4.53. The van der Waals surface area contributed by atoms with Crippen molar-refractivity contribution in [3.63, 3.8) is 0 Å². The number of nitrogens with zero attached hydrogens (tertiary/aromatic N) is 4. The van der Waals surface area contributed by atoms with Crippen LogP contribution < -0.4 is 4.74 Å². The molecule has 0 radical (unpaired) electrons. The number of fused-ring (bicyclic) bond motifs is 2. The highest BCUT2D eigenvalue weighted by Crippen LogP contribution is 2.54. The highest BCUT2D eigenvalue weighted by atomic mass is 16.7. The SMILES string of the molecule is COc1cc2c(cc1CON(C)CCN1CCCC1)N=C(N(C)C1CCOCC1)C21CCC1. The van der Waals surface area contributed by atoms with Gasteiger partial charge in [-0.25, -0.2) is 4.99 Å². The fraction of sp³-hybridized carbons (Fsp3) is 0.731. The average Bonchev–Trinajstić information content (AvgIpc) is 3.46. The van der Waals surface area contributed by atoms with E-state index >= 15 is 0 Å². The van der Waals surface area contributed by atoms with Gasteiger partial charge in [0.1, 0.15) is 11.6 Å². The van der Waals surface area contributed by atoms with Gasteiger partial charge in [-0.15, -0.1) is 0 Å². The number of amidine groups is 1. The molecule has 33 heavy (non-hydrogen) atoms. The summed E-state index contributed by atoms with van der Waals surface area (Å²) in [6.45, 7) is 6.61. The van der Waals surface area contributed by atoms with E-state index < -0.39 is 0 Å². The number of likely N-dealkylation sites (N-methyl/N-ethyl adjacent to an activating group) is 2. The van der Waals surface area contributed by atoms with Crippen LogP contribution in [0.3, 0.4) is 0 Å². The van der Waals surface area contributed by atoms with Gasteiger partial charge in [0.15, 0.2) is 0 Å². The van der Waals surface area contributed by atoms with E-state index in [9.17, 15) is 0 Å². The molecule has 1 aromatic carbocycles. The number of aliphatic imine (C=N–C) groups is 1. The summed E-state index contributed by atoms with van der Waals surface area (Å²) in [5, 5.41) is 1.96. The van der Waals surface area contributed by atoms with Gasteiger partial charge in [-0.1, -0.05) is 6.42 Å². The standard InChI is InChI=1S/C26H40N4O3/c1-28(13-14-30-11-4-5-12-30)33-19-20-17-23-22(18-24(20)31-3)26(9-6-10-26)25(27-23)29(2)21-7-15-32-16-8-21/h17-18,21H,4-16,19H2,1-3H3. The van der Waals surface area contributed by atoms with Crippen molar-refractivity contribution in [3.8, 4) is 5.75 Å². The number of benzene rings is 1. The Hall–Kier alpha value is -1.67. The number of methoxy groups -OCH3 is 1. The van der Waals surface area contributed by atoms with Gasteiger partial charge >= 0.3 is 0 Å². The quantitative estimate of drug-likeness (QED) is 0.556. The Morgan fingerprint density at radius 1 is 1.12 bits per heavy atom. The monoisotopic (exact) mass is 456 g/mol. The molecule has 0 atom stereocenters. The van der Waals surface area contributed by atoms with Crippen LogP contribution in [-0.2, 0) is 21.6 Å². The van der Waals surface area contributed by atoms with Gasteiger partial charge in [-0.3, -0.25) is 4.84 Å². The van der Waals surface area contributed by atoms with E-state index in [2.05, 4.69) is 29.0 Å². The Balaban J connectivity index is 1.31. The highest BCUT2D eigenvalue weighted by molar-refractivity contribution is 6.01. The molecule has 3 heterocycles. The molecule has 1 saturated carbocycles. The zero-order valence-corrected chi connectivity index (χ0v) is 20.6. The van der Waals surface area contributed by atoms with E-state index in [-0.39, 0.29) is 5.41 Å². The minimum Gasteiger partial charge on any atom is -0.496 e. The van der Waals surface area contributed by atoms with Crippen LogP contribution in [-0.4, -0.2) is 87.3 Å². The van der Waals surface area contributed by atoms with Gasteiger partial charge in [0.05, 0.1) is 24.8 Å². The first-order chi connectivity index (χ1) is 16.1. The lowest BCUT2D eigenvalue weighted by Crippen LogP contribution is -2.52. The maximum atomic E-state index is 6.11. The van der Waals surface area contributed by atoms with Crippen LogP contribution in [0.5, 0.6) is 5.75 Å². The molecule has 4 aliphatic rings. The molecule has 0 unspecified atom stereocenters. The topological polar surface area (TPSA) is 49.8 Å². The van der Waals surface area contributed by atoms with Crippen molar-refractivity contribution in [3.05, 3.63) is 23.3 Å².